The minimum absolute atomic E-state index is 0.00745. The molecule has 3 amide bonds. The number of nitrogens with one attached hydrogen (secondary N) is 2. The van der Waals surface area contributed by atoms with E-state index in [-0.39, 0.29) is 37.0 Å². The van der Waals surface area contributed by atoms with Crippen molar-refractivity contribution in [1.82, 2.24) is 15.5 Å². The molecule has 3 atom stereocenters. The number of primary amides is 1. The van der Waals surface area contributed by atoms with E-state index < -0.39 is 6.04 Å². The van der Waals surface area contributed by atoms with Crippen molar-refractivity contribution in [1.29, 1.82) is 0 Å². The Labute approximate surface area is 124 Å². The predicted octanol–water partition coefficient (Wildman–Crippen LogP) is -1.45. The average Bonchev–Trinajstić information content (AvgIpc) is 2.71. The number of rotatable bonds is 3. The zero-order chi connectivity index (χ0) is 15.8. The highest BCUT2D eigenvalue weighted by molar-refractivity contribution is 5.88. The summed E-state index contributed by atoms with van der Waals surface area (Å²) in [4.78, 5) is 34.3. The van der Waals surface area contributed by atoms with Crippen molar-refractivity contribution in [3.05, 3.63) is 0 Å². The second-order valence-electron chi connectivity index (χ2n) is 5.07. The summed E-state index contributed by atoms with van der Waals surface area (Å²) in [6.07, 6.45) is 2.56. The lowest BCUT2D eigenvalue weighted by Crippen LogP contribution is -2.51. The fourth-order valence-corrected chi connectivity index (χ4v) is 2.63. The van der Waals surface area contributed by atoms with Crippen LogP contribution >= 0.6 is 0 Å². The molecule has 0 bridgehead atoms. The van der Waals surface area contributed by atoms with Gasteiger partial charge in [0.25, 0.3) is 0 Å². The smallest absolute Gasteiger partial charge is 0.247 e. The van der Waals surface area contributed by atoms with E-state index in [9.17, 15) is 9.59 Å². The van der Waals surface area contributed by atoms with Crippen molar-refractivity contribution in [2.75, 3.05) is 20.2 Å². The first-order chi connectivity index (χ1) is 10.0. The minimum Gasteiger partial charge on any atom is -0.372 e. The maximum absolute atomic E-state index is 12.4. The van der Waals surface area contributed by atoms with Crippen LogP contribution in [0.1, 0.15) is 26.2 Å². The molecule has 2 saturated heterocycles. The Bertz CT molecular complexity index is 377. The van der Waals surface area contributed by atoms with Crippen LogP contribution in [0.15, 0.2) is 0 Å². The number of hydrogen-bond donors (Lipinski definition) is 3. The number of ether oxygens (including phenoxy) is 1. The summed E-state index contributed by atoms with van der Waals surface area (Å²) in [6, 6.07) is -0.249. The van der Waals surface area contributed by atoms with Gasteiger partial charge in [-0.1, -0.05) is 0 Å². The first-order valence-electron chi connectivity index (χ1n) is 7.08. The van der Waals surface area contributed by atoms with Crippen LogP contribution in [-0.2, 0) is 19.1 Å². The van der Waals surface area contributed by atoms with Gasteiger partial charge in [0.1, 0.15) is 12.3 Å². The first-order valence-corrected chi connectivity index (χ1v) is 7.08. The maximum Gasteiger partial charge on any atom is 0.247 e. The molecule has 0 aliphatic carbocycles. The predicted molar refractivity (Wildman–Crippen MR) is 76.0 cm³/mol. The largest absolute Gasteiger partial charge is 0.372 e. The summed E-state index contributed by atoms with van der Waals surface area (Å²) in [7, 11) is 1.70. The SMILES string of the molecule is CNCC(=O)NC1CCOC2CCC(C)N2C1=O.NC=O. The highest BCUT2D eigenvalue weighted by atomic mass is 16.5. The van der Waals surface area contributed by atoms with Crippen molar-refractivity contribution in [3.8, 4) is 0 Å². The van der Waals surface area contributed by atoms with Gasteiger partial charge in [-0.2, -0.15) is 0 Å². The summed E-state index contributed by atoms with van der Waals surface area (Å²) in [5.74, 6) is -0.159. The number of carbonyl (C=O) groups excluding carboxylic acids is 3. The molecule has 8 nitrogen and oxygen atoms in total. The lowest BCUT2D eigenvalue weighted by atomic mass is 10.1. The van der Waals surface area contributed by atoms with Crippen molar-refractivity contribution < 1.29 is 19.1 Å². The zero-order valence-corrected chi connectivity index (χ0v) is 12.5. The van der Waals surface area contributed by atoms with Crippen LogP contribution in [0.25, 0.3) is 0 Å². The third kappa shape index (κ3) is 4.68. The monoisotopic (exact) mass is 300 g/mol. The van der Waals surface area contributed by atoms with Crippen LogP contribution in [0.3, 0.4) is 0 Å². The first kappa shape index (κ1) is 17.4. The van der Waals surface area contributed by atoms with Gasteiger partial charge in [0.05, 0.1) is 13.2 Å². The Balaban J connectivity index is 0.000000677. The molecule has 0 spiro atoms. The molecule has 8 heteroatoms. The molecule has 0 aromatic heterocycles. The molecule has 2 heterocycles. The van der Waals surface area contributed by atoms with Crippen molar-refractivity contribution in [2.45, 2.75) is 44.5 Å². The molecular weight excluding hydrogens is 276 g/mol. The number of likely N-dealkylation sites (N-methyl/N-ethyl adjacent to an activating group) is 1. The molecule has 0 saturated carbocycles. The van der Waals surface area contributed by atoms with Crippen LogP contribution < -0.4 is 16.4 Å². The molecule has 2 rings (SSSR count). The van der Waals surface area contributed by atoms with E-state index in [2.05, 4.69) is 16.4 Å². The normalized spacial score (nSPS) is 28.0. The molecule has 0 aromatic rings. The Morgan fingerprint density at radius 1 is 1.48 bits per heavy atom. The Hall–Kier alpha value is -1.67. The number of hydrogen-bond acceptors (Lipinski definition) is 5. The number of fused-ring (bicyclic) bond motifs is 1. The van der Waals surface area contributed by atoms with Crippen molar-refractivity contribution in [2.24, 2.45) is 5.73 Å². The molecule has 120 valence electrons. The third-order valence-corrected chi connectivity index (χ3v) is 3.56. The Kier molecular flexibility index (Phi) is 7.10. The lowest BCUT2D eigenvalue weighted by Gasteiger charge is -2.28. The highest BCUT2D eigenvalue weighted by Crippen LogP contribution is 2.28. The average molecular weight is 300 g/mol. The molecule has 2 aliphatic heterocycles. The van der Waals surface area contributed by atoms with Crippen LogP contribution in [0.5, 0.6) is 0 Å². The molecule has 21 heavy (non-hydrogen) atoms. The van der Waals surface area contributed by atoms with Crippen molar-refractivity contribution >= 4 is 18.2 Å². The molecule has 3 unspecified atom stereocenters. The summed E-state index contributed by atoms with van der Waals surface area (Å²) < 4.78 is 5.68. The number of carbonyl (C=O) groups is 3. The van der Waals surface area contributed by atoms with Gasteiger partial charge in [0.15, 0.2) is 0 Å². The van der Waals surface area contributed by atoms with Crippen LogP contribution in [0.2, 0.25) is 0 Å². The minimum atomic E-state index is -0.448. The summed E-state index contributed by atoms with van der Waals surface area (Å²) in [5.41, 5.74) is 4.17. The molecule has 0 aromatic carbocycles. The van der Waals surface area contributed by atoms with E-state index in [0.717, 1.165) is 12.8 Å². The van der Waals surface area contributed by atoms with E-state index >= 15 is 0 Å². The van der Waals surface area contributed by atoms with E-state index in [4.69, 9.17) is 9.53 Å². The Morgan fingerprint density at radius 2 is 2.14 bits per heavy atom. The van der Waals surface area contributed by atoms with Gasteiger partial charge in [-0.25, -0.2) is 0 Å². The Morgan fingerprint density at radius 3 is 2.76 bits per heavy atom. The van der Waals surface area contributed by atoms with Gasteiger partial charge >= 0.3 is 0 Å². The van der Waals surface area contributed by atoms with E-state index in [1.807, 2.05) is 6.92 Å². The summed E-state index contributed by atoms with van der Waals surface area (Å²) in [5, 5.41) is 5.54. The molecule has 4 N–H and O–H groups in total. The lowest BCUT2D eigenvalue weighted by molar-refractivity contribution is -0.143. The highest BCUT2D eigenvalue weighted by Gasteiger charge is 2.40. The fourth-order valence-electron chi connectivity index (χ4n) is 2.63. The molecule has 0 radical (unpaired) electrons. The van der Waals surface area contributed by atoms with Gasteiger partial charge in [-0.05, 0) is 26.8 Å². The second kappa shape index (κ2) is 8.58. The quantitative estimate of drug-likeness (QED) is 0.552. The molecule has 2 fully saturated rings. The van der Waals surface area contributed by atoms with E-state index in [1.165, 1.54) is 0 Å². The zero-order valence-electron chi connectivity index (χ0n) is 12.5. The van der Waals surface area contributed by atoms with Gasteiger partial charge < -0.3 is 26.0 Å². The van der Waals surface area contributed by atoms with Crippen LogP contribution in [0, 0.1) is 0 Å². The van der Waals surface area contributed by atoms with E-state index in [1.54, 1.807) is 11.9 Å². The number of nitrogens with two attached hydrogens (primary N) is 1. The van der Waals surface area contributed by atoms with Gasteiger partial charge in [-0.15, -0.1) is 0 Å². The standard InChI is InChI=1S/C12H21N3O3.CH3NO/c1-8-3-4-11-15(8)12(17)9(5-6-18-11)14-10(16)7-13-2;2-1-3/h8-9,11,13H,3-7H2,1-2H3,(H,14,16);1H,(H2,2,3). The van der Waals surface area contributed by atoms with Crippen molar-refractivity contribution in [3.63, 3.8) is 0 Å². The number of amides is 3. The third-order valence-electron chi connectivity index (χ3n) is 3.56. The van der Waals surface area contributed by atoms with Gasteiger partial charge in [0, 0.05) is 12.5 Å². The van der Waals surface area contributed by atoms with Gasteiger partial charge in [-0.3, -0.25) is 14.4 Å². The molecular formula is C13H24N4O4. The number of nitrogens with zero attached hydrogens (tertiary/aromatic N) is 1. The maximum atomic E-state index is 12.4. The summed E-state index contributed by atoms with van der Waals surface area (Å²) in [6.45, 7) is 2.77. The summed E-state index contributed by atoms with van der Waals surface area (Å²) >= 11 is 0. The van der Waals surface area contributed by atoms with E-state index in [0.29, 0.717) is 13.0 Å². The molecule has 2 aliphatic rings. The second-order valence-corrected chi connectivity index (χ2v) is 5.07. The van der Waals surface area contributed by atoms with Crippen LogP contribution in [0.4, 0.5) is 0 Å². The topological polar surface area (TPSA) is 114 Å². The fraction of sp³-hybridized carbons (Fsp3) is 0.769. The van der Waals surface area contributed by atoms with Gasteiger partial charge in [0.2, 0.25) is 18.2 Å². The van der Waals surface area contributed by atoms with Crippen LogP contribution in [-0.4, -0.2) is 61.6 Å².